The Labute approximate surface area is 278 Å². The zero-order chi connectivity index (χ0) is 34.5. The number of pyridine rings is 1. The number of ether oxygens (including phenoxy) is 3. The van der Waals surface area contributed by atoms with Crippen LogP contribution in [0, 0.1) is 6.92 Å². The summed E-state index contributed by atoms with van der Waals surface area (Å²) in [6.07, 6.45) is -1.66. The molecule has 2 aromatic heterocycles. The van der Waals surface area contributed by atoms with Crippen molar-refractivity contribution in [1.29, 1.82) is 0 Å². The second-order valence-corrected chi connectivity index (χ2v) is 12.9. The molecule has 5 rings (SSSR count). The number of nitrogens with zero attached hydrogens (tertiary/aromatic N) is 4. The van der Waals surface area contributed by atoms with Crippen molar-refractivity contribution in [2.45, 2.75) is 84.2 Å². The molecule has 256 valence electrons. The van der Waals surface area contributed by atoms with E-state index in [2.05, 4.69) is 15.3 Å². The van der Waals surface area contributed by atoms with Gasteiger partial charge in [0.1, 0.15) is 11.4 Å². The van der Waals surface area contributed by atoms with Crippen molar-refractivity contribution in [2.75, 3.05) is 25.0 Å². The van der Waals surface area contributed by atoms with Crippen LogP contribution >= 0.6 is 0 Å². The van der Waals surface area contributed by atoms with Crippen molar-refractivity contribution in [1.82, 2.24) is 19.9 Å². The van der Waals surface area contributed by atoms with Crippen LogP contribution in [-0.2, 0) is 15.9 Å². The summed E-state index contributed by atoms with van der Waals surface area (Å²) in [6, 6.07) is 14.7. The molecule has 1 saturated heterocycles. The number of aryl methyl sites for hydroxylation is 2. The first-order valence-corrected chi connectivity index (χ1v) is 16.2. The highest BCUT2D eigenvalue weighted by Gasteiger charge is 2.40. The van der Waals surface area contributed by atoms with Gasteiger partial charge in [0.15, 0.2) is 6.10 Å². The lowest BCUT2D eigenvalue weighted by Crippen LogP contribution is -2.47. The van der Waals surface area contributed by atoms with Crippen LogP contribution in [0.3, 0.4) is 0 Å². The molecular formula is C36H42F3N5O4. The molecule has 1 aliphatic heterocycles. The lowest BCUT2D eigenvalue weighted by Gasteiger charge is -2.34. The predicted octanol–water partition coefficient (Wildman–Crippen LogP) is 8.50. The monoisotopic (exact) mass is 665 g/mol. The van der Waals surface area contributed by atoms with E-state index in [9.17, 15) is 18.0 Å². The number of aromatic nitrogens is 3. The van der Waals surface area contributed by atoms with Crippen LogP contribution in [-0.4, -0.2) is 69.6 Å². The molecule has 12 heteroatoms. The number of hydrogen-bond donors (Lipinski definition) is 1. The van der Waals surface area contributed by atoms with Gasteiger partial charge in [-0.05, 0) is 95.0 Å². The second kappa shape index (κ2) is 14.8. The number of anilines is 1. The molecule has 1 amide bonds. The van der Waals surface area contributed by atoms with Gasteiger partial charge in [-0.3, -0.25) is 0 Å². The first-order valence-electron chi connectivity index (χ1n) is 16.2. The molecule has 1 aliphatic rings. The topological polar surface area (TPSA) is 98.7 Å². The van der Waals surface area contributed by atoms with E-state index >= 15 is 0 Å². The summed E-state index contributed by atoms with van der Waals surface area (Å²) in [4.78, 5) is 28.1. The van der Waals surface area contributed by atoms with Gasteiger partial charge in [-0.2, -0.15) is 13.2 Å². The van der Waals surface area contributed by atoms with E-state index in [4.69, 9.17) is 19.2 Å². The average molecular weight is 666 g/mol. The number of hydrogen-bond acceptors (Lipinski definition) is 8. The van der Waals surface area contributed by atoms with Crippen LogP contribution in [0.2, 0.25) is 0 Å². The van der Waals surface area contributed by atoms with Crippen molar-refractivity contribution >= 4 is 22.8 Å². The molecule has 2 atom stereocenters. The summed E-state index contributed by atoms with van der Waals surface area (Å²) in [5, 5.41) is 4.94. The fraction of sp³-hybridized carbons (Fsp3) is 0.444. The molecule has 3 heterocycles. The predicted molar refractivity (Wildman–Crippen MR) is 178 cm³/mol. The van der Waals surface area contributed by atoms with Crippen LogP contribution in [0.4, 0.5) is 23.9 Å². The molecule has 0 radical (unpaired) electrons. The van der Waals surface area contributed by atoms with Crippen LogP contribution in [0.5, 0.6) is 11.6 Å². The number of likely N-dealkylation sites (tertiary alicyclic amines) is 1. The fourth-order valence-electron chi connectivity index (χ4n) is 5.80. The van der Waals surface area contributed by atoms with Crippen molar-refractivity contribution in [3.8, 4) is 22.9 Å². The van der Waals surface area contributed by atoms with Gasteiger partial charge in [-0.15, -0.1) is 0 Å². The van der Waals surface area contributed by atoms with Crippen LogP contribution in [0.25, 0.3) is 22.0 Å². The van der Waals surface area contributed by atoms with Gasteiger partial charge >= 0.3 is 12.3 Å². The minimum absolute atomic E-state index is 0.0134. The van der Waals surface area contributed by atoms with E-state index in [1.165, 1.54) is 0 Å². The molecule has 0 spiro atoms. The normalized spacial score (nSPS) is 16.1. The third kappa shape index (κ3) is 8.71. The molecule has 0 unspecified atom stereocenters. The average Bonchev–Trinajstić information content (AvgIpc) is 3.03. The number of nitrogens with one attached hydrogen (secondary N) is 1. The van der Waals surface area contributed by atoms with Gasteiger partial charge < -0.3 is 24.4 Å². The molecule has 4 aromatic rings. The molecule has 1 N–H and O–H groups in total. The van der Waals surface area contributed by atoms with Crippen LogP contribution in [0.1, 0.15) is 58.1 Å². The molecule has 0 bridgehead atoms. The molecule has 2 aromatic carbocycles. The first-order chi connectivity index (χ1) is 22.8. The van der Waals surface area contributed by atoms with Gasteiger partial charge in [0.05, 0.1) is 11.3 Å². The zero-order valence-electron chi connectivity index (χ0n) is 27.9. The summed E-state index contributed by atoms with van der Waals surface area (Å²) < 4.78 is 57.6. The van der Waals surface area contributed by atoms with E-state index < -0.39 is 17.9 Å². The number of rotatable bonds is 10. The van der Waals surface area contributed by atoms with E-state index in [1.54, 1.807) is 36.4 Å². The van der Waals surface area contributed by atoms with Gasteiger partial charge in [0.2, 0.25) is 11.8 Å². The Morgan fingerprint density at radius 3 is 2.60 bits per heavy atom. The third-order valence-corrected chi connectivity index (χ3v) is 8.02. The van der Waals surface area contributed by atoms with E-state index in [0.717, 1.165) is 34.7 Å². The molecule has 0 aliphatic carbocycles. The molecule has 1 fully saturated rings. The van der Waals surface area contributed by atoms with Crippen LogP contribution in [0.15, 0.2) is 60.9 Å². The molecule has 9 nitrogen and oxygen atoms in total. The van der Waals surface area contributed by atoms with E-state index in [0.29, 0.717) is 41.9 Å². The number of fused-ring (bicyclic) bond motifs is 1. The summed E-state index contributed by atoms with van der Waals surface area (Å²) in [7, 11) is 0. The number of piperidine rings is 1. The summed E-state index contributed by atoms with van der Waals surface area (Å²) in [6.45, 7) is 10.1. The minimum atomic E-state index is -4.44. The number of benzene rings is 2. The van der Waals surface area contributed by atoms with Gasteiger partial charge in [0.25, 0.3) is 0 Å². The highest BCUT2D eigenvalue weighted by Crippen LogP contribution is 2.38. The Balaban J connectivity index is 1.37. The summed E-state index contributed by atoms with van der Waals surface area (Å²) >= 11 is 0. The van der Waals surface area contributed by atoms with Crippen molar-refractivity contribution in [2.24, 2.45) is 0 Å². The highest BCUT2D eigenvalue weighted by atomic mass is 19.4. The van der Waals surface area contributed by atoms with E-state index in [-0.39, 0.29) is 31.6 Å². The minimum Gasteiger partial charge on any atom is -0.444 e. The quantitative estimate of drug-likeness (QED) is 0.180. The molecular weight excluding hydrogens is 623 g/mol. The number of carbonyl (C=O) groups excluding carboxylic acids is 1. The Bertz CT molecular complexity index is 1730. The standard InChI is InChI=1S/C36H42F3N5O4/c1-6-46-30(36(37,38)39)17-15-24-10-7-12-27-26(24)16-14-23(2)31(27)47-32-28(13-8-19-40-32)29-18-20-41-33(43-29)42-25-11-9-21-44(22-25)34(45)48-35(3,4)5/h7-8,10,12-14,16,18-20,25,30H,6,9,11,15,17,21-22H2,1-5H3,(H,41,42,43)/t25-,30-/m0/s1. The third-order valence-electron chi connectivity index (χ3n) is 8.02. The summed E-state index contributed by atoms with van der Waals surface area (Å²) in [5.41, 5.74) is 2.26. The number of alkyl halides is 3. The second-order valence-electron chi connectivity index (χ2n) is 12.9. The van der Waals surface area contributed by atoms with Crippen molar-refractivity contribution in [3.05, 3.63) is 72.1 Å². The number of halogens is 3. The Kier molecular flexibility index (Phi) is 10.7. The lowest BCUT2D eigenvalue weighted by atomic mass is 9.97. The molecule has 48 heavy (non-hydrogen) atoms. The maximum Gasteiger partial charge on any atom is 0.414 e. The first kappa shape index (κ1) is 34.9. The Morgan fingerprint density at radius 2 is 1.85 bits per heavy atom. The smallest absolute Gasteiger partial charge is 0.414 e. The Hall–Kier alpha value is -4.45. The maximum atomic E-state index is 13.5. The SMILES string of the molecule is CCO[C@@H](CCc1cccc2c(Oc3ncccc3-c3ccnc(N[C@H]4CCCN(C(=O)OC(C)(C)C)C4)n3)c(C)ccc12)C(F)(F)F. The Morgan fingerprint density at radius 1 is 1.04 bits per heavy atom. The number of amides is 1. The molecule has 0 saturated carbocycles. The van der Waals surface area contributed by atoms with Crippen LogP contribution < -0.4 is 10.1 Å². The van der Waals surface area contributed by atoms with Gasteiger partial charge in [-0.1, -0.05) is 30.3 Å². The van der Waals surface area contributed by atoms with Gasteiger partial charge in [0, 0.05) is 43.5 Å². The summed E-state index contributed by atoms with van der Waals surface area (Å²) in [5.74, 6) is 1.29. The maximum absolute atomic E-state index is 13.5. The largest absolute Gasteiger partial charge is 0.444 e. The van der Waals surface area contributed by atoms with Gasteiger partial charge in [-0.25, -0.2) is 19.7 Å². The van der Waals surface area contributed by atoms with E-state index in [1.807, 2.05) is 64.1 Å². The lowest BCUT2D eigenvalue weighted by molar-refractivity contribution is -0.220. The van der Waals surface area contributed by atoms with Crippen molar-refractivity contribution in [3.63, 3.8) is 0 Å². The number of carbonyl (C=O) groups is 1. The fourth-order valence-corrected chi connectivity index (χ4v) is 5.80. The zero-order valence-corrected chi connectivity index (χ0v) is 27.9. The van der Waals surface area contributed by atoms with Crippen molar-refractivity contribution < 1.29 is 32.2 Å². The highest BCUT2D eigenvalue weighted by molar-refractivity contribution is 5.92.